The topological polar surface area (TPSA) is 102 Å². The van der Waals surface area contributed by atoms with Gasteiger partial charge in [-0.15, -0.1) is 6.58 Å². The maximum atomic E-state index is 12.5. The molecule has 1 aliphatic rings. The van der Waals surface area contributed by atoms with Crippen molar-refractivity contribution in [3.63, 3.8) is 0 Å². The van der Waals surface area contributed by atoms with E-state index < -0.39 is 16.7 Å². The monoisotopic (exact) mass is 423 g/mol. The number of nitrogens with zero attached hydrogens (tertiary/aromatic N) is 2. The summed E-state index contributed by atoms with van der Waals surface area (Å²) in [4.78, 5) is 36.2. The quantitative estimate of drug-likeness (QED) is 0.183. The summed E-state index contributed by atoms with van der Waals surface area (Å²) < 4.78 is 5.67. The van der Waals surface area contributed by atoms with Crippen LogP contribution in [0.3, 0.4) is 0 Å². The number of amides is 2. The number of ether oxygens (including phenoxy) is 1. The first-order valence-electron chi connectivity index (χ1n) is 8.85. The summed E-state index contributed by atoms with van der Waals surface area (Å²) in [6.45, 7) is 4.03. The number of rotatable bonds is 7. The van der Waals surface area contributed by atoms with Crippen molar-refractivity contribution in [2.24, 2.45) is 0 Å². The Morgan fingerprint density at radius 1 is 1.13 bits per heavy atom. The largest absolute Gasteiger partial charge is 0.489 e. The van der Waals surface area contributed by atoms with Gasteiger partial charge in [0.2, 0.25) is 0 Å². The van der Waals surface area contributed by atoms with Crippen LogP contribution in [0.2, 0.25) is 0 Å². The van der Waals surface area contributed by atoms with Crippen LogP contribution in [0.4, 0.5) is 5.69 Å². The molecule has 1 N–H and O–H groups in total. The van der Waals surface area contributed by atoms with Crippen molar-refractivity contribution < 1.29 is 19.2 Å². The number of thiocarbonyl (C=S) groups is 1. The van der Waals surface area contributed by atoms with Crippen molar-refractivity contribution in [3.05, 3.63) is 88.0 Å². The van der Waals surface area contributed by atoms with Crippen LogP contribution in [-0.4, -0.2) is 33.3 Å². The summed E-state index contributed by atoms with van der Waals surface area (Å²) in [6, 6.07) is 12.9. The number of carbonyl (C=O) groups is 2. The van der Waals surface area contributed by atoms with E-state index in [4.69, 9.17) is 17.0 Å². The van der Waals surface area contributed by atoms with E-state index in [9.17, 15) is 19.7 Å². The van der Waals surface area contributed by atoms with Gasteiger partial charge in [-0.2, -0.15) is 0 Å². The average Bonchev–Trinajstić information content (AvgIpc) is 2.74. The molecule has 0 aliphatic carbocycles. The minimum Gasteiger partial charge on any atom is -0.489 e. The van der Waals surface area contributed by atoms with Gasteiger partial charge in [-0.3, -0.25) is 29.9 Å². The maximum absolute atomic E-state index is 12.5. The van der Waals surface area contributed by atoms with Gasteiger partial charge in [-0.25, -0.2) is 0 Å². The molecule has 0 saturated carbocycles. The van der Waals surface area contributed by atoms with Crippen molar-refractivity contribution in [2.45, 2.75) is 6.61 Å². The lowest BCUT2D eigenvalue weighted by molar-refractivity contribution is -0.384. The average molecular weight is 423 g/mol. The van der Waals surface area contributed by atoms with Crippen LogP contribution in [0.5, 0.6) is 5.75 Å². The lowest BCUT2D eigenvalue weighted by atomic mass is 10.1. The Morgan fingerprint density at radius 3 is 2.40 bits per heavy atom. The lowest BCUT2D eigenvalue weighted by Gasteiger charge is -2.27. The van der Waals surface area contributed by atoms with E-state index in [-0.39, 0.29) is 29.5 Å². The Labute approximate surface area is 177 Å². The molecule has 0 unspecified atom stereocenters. The molecule has 152 valence electrons. The second kappa shape index (κ2) is 9.10. The first-order valence-corrected chi connectivity index (χ1v) is 9.26. The van der Waals surface area contributed by atoms with Gasteiger partial charge in [0.05, 0.1) is 4.92 Å². The summed E-state index contributed by atoms with van der Waals surface area (Å²) in [6.07, 6.45) is 3.01. The van der Waals surface area contributed by atoms with E-state index in [0.29, 0.717) is 11.3 Å². The van der Waals surface area contributed by atoms with Gasteiger partial charge >= 0.3 is 0 Å². The second-order valence-corrected chi connectivity index (χ2v) is 6.69. The zero-order valence-corrected chi connectivity index (χ0v) is 16.6. The number of nitrogens with one attached hydrogen (secondary N) is 1. The minimum atomic E-state index is -0.552. The highest BCUT2D eigenvalue weighted by molar-refractivity contribution is 7.80. The van der Waals surface area contributed by atoms with Crippen LogP contribution in [-0.2, 0) is 16.2 Å². The second-order valence-electron chi connectivity index (χ2n) is 6.30. The number of hydrogen-bond acceptors (Lipinski definition) is 6. The molecule has 0 spiro atoms. The summed E-state index contributed by atoms with van der Waals surface area (Å²) in [5.74, 6) is -0.463. The number of hydrogen-bond donors (Lipinski definition) is 1. The number of carbonyl (C=O) groups excluding carboxylic acids is 2. The predicted molar refractivity (Wildman–Crippen MR) is 114 cm³/mol. The molecule has 1 saturated heterocycles. The third kappa shape index (κ3) is 4.76. The van der Waals surface area contributed by atoms with Crippen molar-refractivity contribution in [1.82, 2.24) is 10.2 Å². The zero-order chi connectivity index (χ0) is 21.7. The van der Waals surface area contributed by atoms with E-state index in [1.165, 1.54) is 29.2 Å². The molecule has 0 bridgehead atoms. The molecule has 8 nitrogen and oxygen atoms in total. The van der Waals surface area contributed by atoms with E-state index in [2.05, 4.69) is 11.9 Å². The van der Waals surface area contributed by atoms with Gasteiger partial charge in [-0.05, 0) is 53.7 Å². The molecule has 1 heterocycles. The SMILES string of the molecule is C=CCN1C(=O)/C(=C\c2ccc(OCc3ccc([N+](=O)[O-])cc3)cc2)C(=O)NC1=S. The number of non-ortho nitro benzene ring substituents is 1. The molecule has 0 radical (unpaired) electrons. The molecule has 30 heavy (non-hydrogen) atoms. The van der Waals surface area contributed by atoms with E-state index in [1.807, 2.05) is 0 Å². The van der Waals surface area contributed by atoms with E-state index >= 15 is 0 Å². The molecule has 2 aromatic carbocycles. The molecular weight excluding hydrogens is 406 g/mol. The predicted octanol–water partition coefficient (Wildman–Crippen LogP) is 2.99. The maximum Gasteiger partial charge on any atom is 0.269 e. The highest BCUT2D eigenvalue weighted by atomic mass is 32.1. The Kier molecular flexibility index (Phi) is 6.33. The molecule has 0 aromatic heterocycles. The molecule has 2 aromatic rings. The first-order chi connectivity index (χ1) is 14.4. The Bertz CT molecular complexity index is 1050. The van der Waals surface area contributed by atoms with Crippen LogP contribution in [0.15, 0.2) is 66.8 Å². The molecule has 9 heteroatoms. The molecule has 1 fully saturated rings. The number of benzene rings is 2. The summed E-state index contributed by atoms with van der Waals surface area (Å²) in [5.41, 5.74) is 1.42. The summed E-state index contributed by atoms with van der Waals surface area (Å²) >= 11 is 5.02. The fraction of sp³-hybridized carbons (Fsp3) is 0.0952. The lowest BCUT2D eigenvalue weighted by Crippen LogP contribution is -2.53. The van der Waals surface area contributed by atoms with Gasteiger partial charge in [-0.1, -0.05) is 18.2 Å². The zero-order valence-electron chi connectivity index (χ0n) is 15.7. The molecule has 3 rings (SSSR count). The molecule has 1 aliphatic heterocycles. The van der Waals surface area contributed by atoms with Crippen LogP contribution >= 0.6 is 12.2 Å². The fourth-order valence-corrected chi connectivity index (χ4v) is 2.95. The molecule has 0 atom stereocenters. The highest BCUT2D eigenvalue weighted by Gasteiger charge is 2.32. The van der Waals surface area contributed by atoms with Crippen LogP contribution in [0, 0.1) is 10.1 Å². The van der Waals surface area contributed by atoms with Gasteiger partial charge in [0.15, 0.2) is 5.11 Å². The van der Waals surface area contributed by atoms with Crippen LogP contribution in [0.25, 0.3) is 6.08 Å². The third-order valence-electron chi connectivity index (χ3n) is 4.24. The van der Waals surface area contributed by atoms with Crippen molar-refractivity contribution in [2.75, 3.05) is 6.54 Å². The van der Waals surface area contributed by atoms with Crippen molar-refractivity contribution in [1.29, 1.82) is 0 Å². The number of nitro benzene ring substituents is 1. The summed E-state index contributed by atoms with van der Waals surface area (Å²) in [5, 5.41) is 13.2. The van der Waals surface area contributed by atoms with Crippen molar-refractivity contribution in [3.8, 4) is 5.75 Å². The number of nitro groups is 1. The van der Waals surface area contributed by atoms with E-state index in [1.54, 1.807) is 36.4 Å². The Morgan fingerprint density at radius 2 is 1.80 bits per heavy atom. The van der Waals surface area contributed by atoms with Crippen LogP contribution < -0.4 is 10.1 Å². The van der Waals surface area contributed by atoms with Crippen molar-refractivity contribution >= 4 is 40.9 Å². The van der Waals surface area contributed by atoms with E-state index in [0.717, 1.165) is 5.56 Å². The normalized spacial score (nSPS) is 15.1. The first kappa shape index (κ1) is 20.9. The minimum absolute atomic E-state index is 0.0184. The van der Waals surface area contributed by atoms with Gasteiger partial charge in [0.25, 0.3) is 17.5 Å². The molecule has 2 amide bonds. The standard InChI is InChI=1S/C21H17N3O5S/c1-2-11-23-20(26)18(19(25)22-21(23)30)12-14-5-9-17(10-6-14)29-13-15-3-7-16(8-4-15)24(27)28/h2-10,12H,1,11,13H2,(H,22,25,30)/b18-12-. The Balaban J connectivity index is 1.68. The van der Waals surface area contributed by atoms with Gasteiger partial charge in [0.1, 0.15) is 17.9 Å². The molecular formula is C21H17N3O5S. The fourth-order valence-electron chi connectivity index (χ4n) is 2.70. The highest BCUT2D eigenvalue weighted by Crippen LogP contribution is 2.19. The Hall–Kier alpha value is -3.85. The van der Waals surface area contributed by atoms with Gasteiger partial charge < -0.3 is 4.74 Å². The van der Waals surface area contributed by atoms with Gasteiger partial charge in [0, 0.05) is 18.7 Å². The smallest absolute Gasteiger partial charge is 0.269 e. The van der Waals surface area contributed by atoms with Crippen LogP contribution in [0.1, 0.15) is 11.1 Å². The third-order valence-corrected chi connectivity index (χ3v) is 4.56. The summed E-state index contributed by atoms with van der Waals surface area (Å²) in [7, 11) is 0.